The van der Waals surface area contributed by atoms with E-state index in [1.54, 1.807) is 37.3 Å². The number of tetrazole rings is 1. The summed E-state index contributed by atoms with van der Waals surface area (Å²) in [6, 6.07) is 12.7. The predicted molar refractivity (Wildman–Crippen MR) is 142 cm³/mol. The number of nitrogens with one attached hydrogen (secondary N) is 1. The first-order chi connectivity index (χ1) is 19.1. The Morgan fingerprint density at radius 1 is 1.05 bits per heavy atom. The lowest BCUT2D eigenvalue weighted by Crippen LogP contribution is -2.50. The molecule has 5 rings (SSSR count). The number of benzene rings is 2. The second kappa shape index (κ2) is 10.8. The lowest BCUT2D eigenvalue weighted by atomic mass is 10.0. The van der Waals surface area contributed by atoms with Gasteiger partial charge in [0.1, 0.15) is 37.4 Å². The molecule has 40 heavy (non-hydrogen) atoms. The highest BCUT2D eigenvalue weighted by Gasteiger charge is 2.35. The van der Waals surface area contributed by atoms with Gasteiger partial charge in [-0.2, -0.15) is 4.80 Å². The third kappa shape index (κ3) is 5.95. The predicted octanol–water partition coefficient (Wildman–Crippen LogP) is 3.84. The number of aromatic nitrogens is 4. The van der Waals surface area contributed by atoms with Crippen LogP contribution in [0.3, 0.4) is 0 Å². The summed E-state index contributed by atoms with van der Waals surface area (Å²) < 4.78 is 30.8. The lowest BCUT2D eigenvalue weighted by Gasteiger charge is -2.34. The molecule has 0 aliphatic carbocycles. The van der Waals surface area contributed by atoms with Gasteiger partial charge in [0.2, 0.25) is 11.7 Å². The molecule has 1 aliphatic rings. The molecule has 208 valence electrons. The van der Waals surface area contributed by atoms with Gasteiger partial charge in [-0.25, -0.2) is 4.39 Å². The van der Waals surface area contributed by atoms with Crippen molar-refractivity contribution in [3.8, 4) is 23.1 Å². The van der Waals surface area contributed by atoms with Crippen LogP contribution in [0.15, 0.2) is 59.0 Å². The number of ether oxygens (including phenoxy) is 2. The van der Waals surface area contributed by atoms with Crippen molar-refractivity contribution >= 4 is 17.5 Å². The molecular formula is C28H29FN6O5. The fourth-order valence-corrected chi connectivity index (χ4v) is 4.28. The number of halogens is 1. The van der Waals surface area contributed by atoms with Gasteiger partial charge in [0, 0.05) is 17.3 Å². The zero-order chi connectivity index (χ0) is 28.4. The summed E-state index contributed by atoms with van der Waals surface area (Å²) in [5, 5.41) is 15.2. The smallest absolute Gasteiger partial charge is 0.251 e. The minimum atomic E-state index is -1.16. The monoisotopic (exact) mass is 548 g/mol. The summed E-state index contributed by atoms with van der Waals surface area (Å²) >= 11 is 0. The third-order valence-electron chi connectivity index (χ3n) is 5.95. The maximum atomic E-state index is 14.0. The summed E-state index contributed by atoms with van der Waals surface area (Å²) in [5.41, 5.74) is 0.166. The quantitative estimate of drug-likeness (QED) is 0.369. The molecule has 1 atom stereocenters. The minimum absolute atomic E-state index is 0.215. The van der Waals surface area contributed by atoms with E-state index in [0.717, 1.165) is 4.80 Å². The van der Waals surface area contributed by atoms with Gasteiger partial charge in [0.05, 0.1) is 0 Å². The summed E-state index contributed by atoms with van der Waals surface area (Å²) in [6.07, 6.45) is 0. The van der Waals surface area contributed by atoms with Crippen molar-refractivity contribution in [2.75, 3.05) is 18.1 Å². The molecule has 1 N–H and O–H groups in total. The van der Waals surface area contributed by atoms with Crippen LogP contribution in [0.2, 0.25) is 0 Å². The number of anilines is 1. The Kier molecular flexibility index (Phi) is 7.24. The standard InChI is InChI=1S/C28H29FN6O5/c1-17-5-11-22(40-17)26-31-33-34(32-26)16-24(36)35(20-10-12-21-23(15-20)39-14-13-38-21)25(27(37)30-28(2,3)4)18-6-8-19(29)9-7-18/h5-12,15,25H,13-14,16H2,1-4H3,(H,30,37). The molecule has 0 fully saturated rings. The van der Waals surface area contributed by atoms with Crippen molar-refractivity contribution < 1.29 is 27.9 Å². The normalized spacial score (nSPS) is 13.5. The second-order valence-corrected chi connectivity index (χ2v) is 10.3. The molecular weight excluding hydrogens is 519 g/mol. The van der Waals surface area contributed by atoms with Crippen molar-refractivity contribution in [3.63, 3.8) is 0 Å². The van der Waals surface area contributed by atoms with Crippen molar-refractivity contribution in [1.82, 2.24) is 25.5 Å². The Morgan fingerprint density at radius 3 is 2.45 bits per heavy atom. The number of rotatable bonds is 7. The molecule has 0 saturated heterocycles. The molecule has 2 amide bonds. The van der Waals surface area contributed by atoms with E-state index in [9.17, 15) is 14.0 Å². The summed E-state index contributed by atoms with van der Waals surface area (Å²) in [7, 11) is 0. The Hall–Kier alpha value is -4.74. The molecule has 1 unspecified atom stereocenters. The minimum Gasteiger partial charge on any atom is -0.486 e. The van der Waals surface area contributed by atoms with Gasteiger partial charge in [-0.15, -0.1) is 10.2 Å². The first-order valence-electron chi connectivity index (χ1n) is 12.7. The van der Waals surface area contributed by atoms with Crippen LogP contribution < -0.4 is 19.7 Å². The average Bonchev–Trinajstić information content (AvgIpc) is 3.55. The number of carbonyl (C=O) groups excluding carboxylic acids is 2. The van der Waals surface area contributed by atoms with Crippen LogP contribution in [0.5, 0.6) is 11.5 Å². The second-order valence-electron chi connectivity index (χ2n) is 10.3. The molecule has 3 heterocycles. The third-order valence-corrected chi connectivity index (χ3v) is 5.95. The molecule has 0 saturated carbocycles. The highest BCUT2D eigenvalue weighted by molar-refractivity contribution is 6.01. The zero-order valence-corrected chi connectivity index (χ0v) is 22.6. The zero-order valence-electron chi connectivity index (χ0n) is 22.6. The molecule has 0 spiro atoms. The van der Waals surface area contributed by atoms with Gasteiger partial charge in [0.25, 0.3) is 5.91 Å². The topological polar surface area (TPSA) is 125 Å². The van der Waals surface area contributed by atoms with Crippen molar-refractivity contribution in [2.24, 2.45) is 0 Å². The van der Waals surface area contributed by atoms with Gasteiger partial charge in [-0.05, 0) is 74.9 Å². The molecule has 2 aromatic carbocycles. The molecule has 0 bridgehead atoms. The Morgan fingerprint density at radius 2 is 1.77 bits per heavy atom. The van der Waals surface area contributed by atoms with Crippen LogP contribution in [0.25, 0.3) is 11.6 Å². The number of fused-ring (bicyclic) bond motifs is 1. The lowest BCUT2D eigenvalue weighted by molar-refractivity contribution is -0.128. The van der Waals surface area contributed by atoms with E-state index >= 15 is 0 Å². The first-order valence-corrected chi connectivity index (χ1v) is 12.7. The first kappa shape index (κ1) is 26.9. The summed E-state index contributed by atoms with van der Waals surface area (Å²) in [5.74, 6) is 0.820. The number of hydrogen-bond acceptors (Lipinski definition) is 8. The number of carbonyl (C=O) groups is 2. The maximum absolute atomic E-state index is 14.0. The van der Waals surface area contributed by atoms with Crippen LogP contribution >= 0.6 is 0 Å². The number of amides is 2. The van der Waals surface area contributed by atoms with Crippen molar-refractivity contribution in [2.45, 2.75) is 45.8 Å². The molecule has 12 heteroatoms. The van der Waals surface area contributed by atoms with Crippen molar-refractivity contribution in [1.29, 1.82) is 0 Å². The Balaban J connectivity index is 1.56. The highest BCUT2D eigenvalue weighted by Crippen LogP contribution is 2.37. The van der Waals surface area contributed by atoms with Gasteiger partial charge < -0.3 is 19.2 Å². The molecule has 1 aliphatic heterocycles. The molecule has 0 radical (unpaired) electrons. The van der Waals surface area contributed by atoms with E-state index in [1.165, 1.54) is 29.2 Å². The SMILES string of the molecule is Cc1ccc(-c2nnn(CC(=O)N(c3ccc4c(c3)OCCO4)C(C(=O)NC(C)(C)C)c3ccc(F)cc3)n2)o1. The molecule has 4 aromatic rings. The van der Waals surface area contributed by atoms with Crippen LogP contribution in [0, 0.1) is 12.7 Å². The van der Waals surface area contributed by atoms with E-state index in [0.29, 0.717) is 47.5 Å². The number of furan rings is 1. The van der Waals surface area contributed by atoms with Crippen molar-refractivity contribution in [3.05, 3.63) is 71.7 Å². The van der Waals surface area contributed by atoms with Gasteiger partial charge in [-0.3, -0.25) is 14.5 Å². The Bertz CT molecular complexity index is 1520. The number of nitrogens with zero attached hydrogens (tertiary/aromatic N) is 5. The van der Waals surface area contributed by atoms with Gasteiger partial charge >= 0.3 is 0 Å². The largest absolute Gasteiger partial charge is 0.486 e. The Labute approximate surface area is 229 Å². The van der Waals surface area contributed by atoms with Crippen LogP contribution in [0.1, 0.15) is 38.1 Å². The number of aryl methyl sites for hydroxylation is 1. The van der Waals surface area contributed by atoms with E-state index in [-0.39, 0.29) is 12.4 Å². The van der Waals surface area contributed by atoms with Gasteiger partial charge in [-0.1, -0.05) is 12.1 Å². The summed E-state index contributed by atoms with van der Waals surface area (Å²) in [6.45, 7) is 7.69. The van der Waals surface area contributed by atoms with E-state index in [4.69, 9.17) is 13.9 Å². The number of hydrogen-bond donors (Lipinski definition) is 1. The fourth-order valence-electron chi connectivity index (χ4n) is 4.28. The fraction of sp³-hybridized carbons (Fsp3) is 0.321. The van der Waals surface area contributed by atoms with Crippen LogP contribution in [-0.4, -0.2) is 50.8 Å². The van der Waals surface area contributed by atoms with Crippen LogP contribution in [0.4, 0.5) is 10.1 Å². The van der Waals surface area contributed by atoms with E-state index in [1.807, 2.05) is 20.8 Å². The van der Waals surface area contributed by atoms with E-state index < -0.39 is 29.2 Å². The van der Waals surface area contributed by atoms with Gasteiger partial charge in [0.15, 0.2) is 17.3 Å². The maximum Gasteiger partial charge on any atom is 0.251 e. The van der Waals surface area contributed by atoms with Crippen LogP contribution in [-0.2, 0) is 16.1 Å². The highest BCUT2D eigenvalue weighted by atomic mass is 19.1. The van der Waals surface area contributed by atoms with E-state index in [2.05, 4.69) is 20.7 Å². The molecule has 2 aromatic heterocycles. The molecule has 11 nitrogen and oxygen atoms in total. The average molecular weight is 549 g/mol. The summed E-state index contributed by atoms with van der Waals surface area (Å²) in [4.78, 5) is 30.3.